The molecule has 2 unspecified atom stereocenters. The molecule has 5 nitrogen and oxygen atoms in total. The second-order valence-corrected chi connectivity index (χ2v) is 8.82. The lowest BCUT2D eigenvalue weighted by Crippen LogP contribution is -2.17. The second kappa shape index (κ2) is 7.04. The van der Waals surface area contributed by atoms with Gasteiger partial charge in [-0.1, -0.05) is 42.0 Å². The molecule has 31 heavy (non-hydrogen) atoms. The first-order valence-corrected chi connectivity index (χ1v) is 10.9. The van der Waals surface area contributed by atoms with Crippen molar-refractivity contribution in [3.05, 3.63) is 71.9 Å². The number of hydrogen-bond donors (Lipinski definition) is 1. The van der Waals surface area contributed by atoms with E-state index in [2.05, 4.69) is 53.3 Å². The Kier molecular flexibility index (Phi) is 4.15. The van der Waals surface area contributed by atoms with Crippen LogP contribution in [0.5, 0.6) is 0 Å². The van der Waals surface area contributed by atoms with Crippen LogP contribution in [0.15, 0.2) is 60.8 Å². The molecule has 0 radical (unpaired) electrons. The molecular formula is C26H23N5. The summed E-state index contributed by atoms with van der Waals surface area (Å²) in [5.41, 5.74) is 8.05. The maximum absolute atomic E-state index is 9.19. The van der Waals surface area contributed by atoms with Gasteiger partial charge in [0, 0.05) is 17.7 Å². The van der Waals surface area contributed by atoms with E-state index in [1.807, 2.05) is 30.5 Å². The topological polar surface area (TPSA) is 66.5 Å². The largest absolute Gasteiger partial charge is 0.316 e. The fourth-order valence-electron chi connectivity index (χ4n) is 5.04. The molecule has 3 atom stereocenters. The van der Waals surface area contributed by atoms with Crippen LogP contribution in [0.2, 0.25) is 0 Å². The Morgan fingerprint density at radius 1 is 1.03 bits per heavy atom. The van der Waals surface area contributed by atoms with Gasteiger partial charge in [-0.15, -0.1) is 0 Å². The van der Waals surface area contributed by atoms with Crippen LogP contribution in [0.4, 0.5) is 0 Å². The van der Waals surface area contributed by atoms with Crippen LogP contribution < -0.4 is 5.32 Å². The standard InChI is InChI=1S/C26H23N5/c1-16-2-6-19(7-3-16)26-20(18-8-4-17(11-27)5-9-18)10-25-24(30-26)14-29-31(25)15-23-21-12-28-13-22(21)23/h2-10,14,21-23,28H,12-13,15H2,1H3/t21-,22?,23?/m0/s1. The van der Waals surface area contributed by atoms with E-state index < -0.39 is 0 Å². The maximum Gasteiger partial charge on any atom is 0.109 e. The number of piperidine rings is 1. The highest BCUT2D eigenvalue weighted by atomic mass is 15.3. The monoisotopic (exact) mass is 405 g/mol. The molecule has 2 aromatic carbocycles. The fourth-order valence-corrected chi connectivity index (χ4v) is 5.04. The highest BCUT2D eigenvalue weighted by Gasteiger charge is 2.52. The number of pyridine rings is 1. The lowest BCUT2D eigenvalue weighted by molar-refractivity contribution is 0.494. The van der Waals surface area contributed by atoms with Crippen molar-refractivity contribution in [3.63, 3.8) is 0 Å². The Morgan fingerprint density at radius 2 is 1.74 bits per heavy atom. The van der Waals surface area contributed by atoms with Gasteiger partial charge in [-0.2, -0.15) is 10.4 Å². The summed E-state index contributed by atoms with van der Waals surface area (Å²) in [5, 5.41) is 17.4. The predicted molar refractivity (Wildman–Crippen MR) is 121 cm³/mol. The molecule has 1 aliphatic carbocycles. The summed E-state index contributed by atoms with van der Waals surface area (Å²) in [6, 6.07) is 20.7. The van der Waals surface area contributed by atoms with Gasteiger partial charge in [0.15, 0.2) is 0 Å². The van der Waals surface area contributed by atoms with E-state index in [-0.39, 0.29) is 0 Å². The van der Waals surface area contributed by atoms with Crippen LogP contribution in [0.1, 0.15) is 11.1 Å². The van der Waals surface area contributed by atoms with Crippen LogP contribution >= 0.6 is 0 Å². The van der Waals surface area contributed by atoms with Crippen LogP contribution in [0, 0.1) is 36.0 Å². The number of fused-ring (bicyclic) bond motifs is 2. The first-order valence-electron chi connectivity index (χ1n) is 10.9. The molecule has 5 heteroatoms. The van der Waals surface area contributed by atoms with E-state index in [9.17, 15) is 5.26 Å². The molecule has 6 rings (SSSR count). The highest BCUT2D eigenvalue weighted by molar-refractivity contribution is 5.90. The number of aryl methyl sites for hydroxylation is 1. The summed E-state index contributed by atoms with van der Waals surface area (Å²) >= 11 is 0. The van der Waals surface area contributed by atoms with Crippen LogP contribution in [0.25, 0.3) is 33.4 Å². The average Bonchev–Trinajstić information content (AvgIpc) is 3.12. The predicted octanol–water partition coefficient (Wildman–Crippen LogP) is 4.41. The van der Waals surface area contributed by atoms with Crippen molar-refractivity contribution < 1.29 is 0 Å². The van der Waals surface area contributed by atoms with Crippen molar-refractivity contribution >= 4 is 11.0 Å². The van der Waals surface area contributed by atoms with Crippen molar-refractivity contribution in [2.45, 2.75) is 13.5 Å². The molecule has 0 bridgehead atoms. The SMILES string of the molecule is Cc1ccc(-c2nc3cnn(CC4C5CNC[C@@H]54)c3cc2-c2ccc(C#N)cc2)cc1. The number of hydrogen-bond acceptors (Lipinski definition) is 4. The van der Waals surface area contributed by atoms with E-state index in [4.69, 9.17) is 10.1 Å². The lowest BCUT2D eigenvalue weighted by atomic mass is 9.97. The summed E-state index contributed by atoms with van der Waals surface area (Å²) in [6.07, 6.45) is 1.89. The maximum atomic E-state index is 9.19. The van der Waals surface area contributed by atoms with Crippen molar-refractivity contribution in [2.75, 3.05) is 13.1 Å². The van der Waals surface area contributed by atoms with Gasteiger partial charge < -0.3 is 5.32 Å². The average molecular weight is 406 g/mol. The third-order valence-electron chi connectivity index (χ3n) is 6.93. The molecule has 2 fully saturated rings. The van der Waals surface area contributed by atoms with Crippen molar-refractivity contribution in [1.82, 2.24) is 20.1 Å². The molecule has 0 amide bonds. The van der Waals surface area contributed by atoms with E-state index >= 15 is 0 Å². The smallest absolute Gasteiger partial charge is 0.109 e. The number of benzene rings is 2. The molecule has 1 aliphatic heterocycles. The molecule has 1 N–H and O–H groups in total. The molecular weight excluding hydrogens is 382 g/mol. The van der Waals surface area contributed by atoms with Gasteiger partial charge in [-0.25, -0.2) is 4.98 Å². The van der Waals surface area contributed by atoms with Crippen molar-refractivity contribution in [2.24, 2.45) is 17.8 Å². The van der Waals surface area contributed by atoms with E-state index in [0.29, 0.717) is 5.56 Å². The van der Waals surface area contributed by atoms with E-state index in [1.165, 1.54) is 5.56 Å². The zero-order valence-corrected chi connectivity index (χ0v) is 17.4. The Morgan fingerprint density at radius 3 is 2.45 bits per heavy atom. The van der Waals surface area contributed by atoms with Crippen molar-refractivity contribution in [1.29, 1.82) is 5.26 Å². The third kappa shape index (κ3) is 3.11. The Bertz CT molecular complexity index is 1300. The summed E-state index contributed by atoms with van der Waals surface area (Å²) in [4.78, 5) is 5.05. The minimum atomic E-state index is 0.661. The molecule has 0 spiro atoms. The first kappa shape index (κ1) is 18.3. The normalized spacial score (nSPS) is 21.7. The summed E-state index contributed by atoms with van der Waals surface area (Å²) in [7, 11) is 0. The number of nitrogens with zero attached hydrogens (tertiary/aromatic N) is 4. The number of nitrogens with one attached hydrogen (secondary N) is 1. The summed E-state index contributed by atoms with van der Waals surface area (Å²) < 4.78 is 2.14. The van der Waals surface area contributed by atoms with Gasteiger partial charge in [-0.05, 0) is 61.5 Å². The molecule has 1 saturated carbocycles. The minimum absolute atomic E-state index is 0.661. The molecule has 1 saturated heterocycles. The summed E-state index contributed by atoms with van der Waals surface area (Å²) in [6.45, 7) is 5.33. The van der Waals surface area contributed by atoms with E-state index in [0.717, 1.165) is 70.8 Å². The molecule has 2 aliphatic rings. The molecule has 152 valence electrons. The third-order valence-corrected chi connectivity index (χ3v) is 6.93. The number of rotatable bonds is 4. The summed E-state index contributed by atoms with van der Waals surface area (Å²) in [5.74, 6) is 2.33. The van der Waals surface area contributed by atoms with Gasteiger partial charge in [0.1, 0.15) is 5.52 Å². The van der Waals surface area contributed by atoms with Gasteiger partial charge in [0.2, 0.25) is 0 Å². The molecule has 4 aromatic rings. The van der Waals surface area contributed by atoms with Gasteiger partial charge in [-0.3, -0.25) is 4.68 Å². The quantitative estimate of drug-likeness (QED) is 0.546. The van der Waals surface area contributed by atoms with Crippen LogP contribution in [-0.2, 0) is 6.54 Å². The van der Waals surface area contributed by atoms with Crippen LogP contribution in [-0.4, -0.2) is 27.9 Å². The highest BCUT2D eigenvalue weighted by Crippen LogP contribution is 2.49. The number of nitriles is 1. The second-order valence-electron chi connectivity index (χ2n) is 8.82. The van der Waals surface area contributed by atoms with Gasteiger partial charge in [0.25, 0.3) is 0 Å². The first-order chi connectivity index (χ1) is 15.2. The van der Waals surface area contributed by atoms with E-state index in [1.54, 1.807) is 0 Å². The van der Waals surface area contributed by atoms with Gasteiger partial charge >= 0.3 is 0 Å². The fraction of sp³-hybridized carbons (Fsp3) is 0.269. The Labute approximate surface area is 181 Å². The van der Waals surface area contributed by atoms with Crippen LogP contribution in [0.3, 0.4) is 0 Å². The number of aromatic nitrogens is 3. The van der Waals surface area contributed by atoms with Gasteiger partial charge in [0.05, 0.1) is 29.0 Å². The molecule has 3 heterocycles. The Balaban J connectivity index is 1.47. The lowest BCUT2D eigenvalue weighted by Gasteiger charge is -2.12. The van der Waals surface area contributed by atoms with Crippen molar-refractivity contribution in [3.8, 4) is 28.5 Å². The molecule has 2 aromatic heterocycles. The zero-order valence-electron chi connectivity index (χ0n) is 17.4. The minimum Gasteiger partial charge on any atom is -0.316 e. The Hall–Kier alpha value is -3.49. The zero-order chi connectivity index (χ0) is 20.9.